The van der Waals surface area contributed by atoms with Gasteiger partial charge in [-0.1, -0.05) is 0 Å². The molecule has 66 valence electrons. The van der Waals surface area contributed by atoms with E-state index in [9.17, 15) is 4.79 Å². The molecular weight excluding hydrogens is 172 g/mol. The average molecular weight is 184 g/mol. The van der Waals surface area contributed by atoms with Crippen LogP contribution < -0.4 is 11.1 Å². The van der Waals surface area contributed by atoms with Gasteiger partial charge in [0.25, 0.3) is 0 Å². The Bertz CT molecular complexity index is 233. The van der Waals surface area contributed by atoms with E-state index in [0.29, 0.717) is 13.0 Å². The predicted octanol–water partition coefficient (Wildman–Crippen LogP) is 1.43. The monoisotopic (exact) mass is 184 g/mol. The van der Waals surface area contributed by atoms with Crippen molar-refractivity contribution < 1.29 is 4.79 Å². The number of nitrogens with one attached hydrogen (secondary N) is 1. The molecule has 1 aromatic rings. The maximum atomic E-state index is 11.1. The highest BCUT2D eigenvalue weighted by atomic mass is 32.1. The van der Waals surface area contributed by atoms with Crippen molar-refractivity contribution in [3.63, 3.8) is 0 Å². The second kappa shape index (κ2) is 4.90. The van der Waals surface area contributed by atoms with Crippen LogP contribution in [0.15, 0.2) is 16.8 Å². The number of hydrogen-bond donors (Lipinski definition) is 2. The highest BCUT2D eigenvalue weighted by Crippen LogP contribution is 2.11. The van der Waals surface area contributed by atoms with Crippen LogP contribution in [0, 0.1) is 0 Å². The van der Waals surface area contributed by atoms with Gasteiger partial charge in [-0.15, -0.1) is 0 Å². The zero-order valence-corrected chi connectivity index (χ0v) is 7.56. The summed E-state index contributed by atoms with van der Waals surface area (Å²) in [5.74, 6) is 0.0406. The van der Waals surface area contributed by atoms with Gasteiger partial charge in [0.1, 0.15) is 0 Å². The summed E-state index contributed by atoms with van der Waals surface area (Å²) in [6.07, 6.45) is 1.25. The lowest BCUT2D eigenvalue weighted by Gasteiger charge is -2.00. The van der Waals surface area contributed by atoms with Gasteiger partial charge >= 0.3 is 0 Å². The van der Waals surface area contributed by atoms with Crippen molar-refractivity contribution >= 4 is 22.9 Å². The van der Waals surface area contributed by atoms with Gasteiger partial charge in [0.2, 0.25) is 5.91 Å². The standard InChI is InChI=1S/C8H12N2OS/c9-4-1-2-8(11)10-7-3-5-12-6-7/h3,5-6H,1-2,4,9H2,(H,10,11). The van der Waals surface area contributed by atoms with E-state index >= 15 is 0 Å². The lowest BCUT2D eigenvalue weighted by atomic mass is 10.3. The van der Waals surface area contributed by atoms with E-state index in [1.165, 1.54) is 0 Å². The number of hydrogen-bond acceptors (Lipinski definition) is 3. The third-order valence-electron chi connectivity index (χ3n) is 1.41. The molecule has 0 aliphatic heterocycles. The molecule has 3 nitrogen and oxygen atoms in total. The molecule has 0 saturated carbocycles. The summed E-state index contributed by atoms with van der Waals surface area (Å²) >= 11 is 1.57. The normalized spacial score (nSPS) is 9.75. The number of carbonyl (C=O) groups excluding carboxylic acids is 1. The predicted molar refractivity (Wildman–Crippen MR) is 51.2 cm³/mol. The van der Waals surface area contributed by atoms with E-state index in [2.05, 4.69) is 5.32 Å². The number of thiophene rings is 1. The highest BCUT2D eigenvalue weighted by Gasteiger charge is 2.00. The Morgan fingerprint density at radius 3 is 3.08 bits per heavy atom. The Morgan fingerprint density at radius 1 is 1.67 bits per heavy atom. The first-order chi connectivity index (χ1) is 5.83. The quantitative estimate of drug-likeness (QED) is 0.743. The minimum Gasteiger partial charge on any atom is -0.330 e. The average Bonchev–Trinajstić information content (AvgIpc) is 2.53. The van der Waals surface area contributed by atoms with Gasteiger partial charge in [-0.3, -0.25) is 4.79 Å². The van der Waals surface area contributed by atoms with Crippen molar-refractivity contribution in [1.82, 2.24) is 0 Å². The van der Waals surface area contributed by atoms with Crippen LogP contribution in [0.2, 0.25) is 0 Å². The van der Waals surface area contributed by atoms with Crippen LogP contribution in [0.4, 0.5) is 5.69 Å². The third kappa shape index (κ3) is 3.02. The van der Waals surface area contributed by atoms with Gasteiger partial charge in [0.15, 0.2) is 0 Å². The fourth-order valence-electron chi connectivity index (χ4n) is 0.822. The molecule has 0 saturated heterocycles. The van der Waals surface area contributed by atoms with Crippen molar-refractivity contribution in [2.75, 3.05) is 11.9 Å². The third-order valence-corrected chi connectivity index (χ3v) is 2.10. The van der Waals surface area contributed by atoms with E-state index in [1.54, 1.807) is 11.3 Å². The first-order valence-electron chi connectivity index (χ1n) is 3.85. The minimum atomic E-state index is 0.0406. The van der Waals surface area contributed by atoms with Gasteiger partial charge in [0, 0.05) is 11.8 Å². The zero-order chi connectivity index (χ0) is 8.81. The molecule has 0 spiro atoms. The van der Waals surface area contributed by atoms with Crippen LogP contribution in [-0.4, -0.2) is 12.5 Å². The second-order valence-electron chi connectivity index (χ2n) is 2.45. The molecule has 0 aliphatic rings. The molecule has 1 amide bonds. The maximum Gasteiger partial charge on any atom is 0.224 e. The number of nitrogens with two attached hydrogens (primary N) is 1. The highest BCUT2D eigenvalue weighted by molar-refractivity contribution is 7.08. The first kappa shape index (κ1) is 9.22. The summed E-state index contributed by atoms with van der Waals surface area (Å²) < 4.78 is 0. The van der Waals surface area contributed by atoms with E-state index in [0.717, 1.165) is 12.1 Å². The number of anilines is 1. The molecule has 1 heterocycles. The number of amides is 1. The molecule has 0 radical (unpaired) electrons. The summed E-state index contributed by atoms with van der Waals surface area (Å²) in [4.78, 5) is 11.1. The van der Waals surface area contributed by atoms with Gasteiger partial charge in [-0.2, -0.15) is 11.3 Å². The maximum absolute atomic E-state index is 11.1. The molecule has 0 fully saturated rings. The molecule has 0 aromatic carbocycles. The Kier molecular flexibility index (Phi) is 3.76. The largest absolute Gasteiger partial charge is 0.330 e. The van der Waals surface area contributed by atoms with Crippen molar-refractivity contribution in [2.45, 2.75) is 12.8 Å². The topological polar surface area (TPSA) is 55.1 Å². The minimum absolute atomic E-state index is 0.0406. The van der Waals surface area contributed by atoms with Crippen molar-refractivity contribution in [3.8, 4) is 0 Å². The van der Waals surface area contributed by atoms with Crippen molar-refractivity contribution in [3.05, 3.63) is 16.8 Å². The molecular formula is C8H12N2OS. The number of carbonyl (C=O) groups is 1. The van der Waals surface area contributed by atoms with E-state index in [4.69, 9.17) is 5.73 Å². The van der Waals surface area contributed by atoms with Crippen LogP contribution >= 0.6 is 11.3 Å². The first-order valence-corrected chi connectivity index (χ1v) is 4.79. The molecule has 1 aromatic heterocycles. The Balaban J connectivity index is 2.27. The van der Waals surface area contributed by atoms with E-state index in [-0.39, 0.29) is 5.91 Å². The summed E-state index contributed by atoms with van der Waals surface area (Å²) in [6, 6.07) is 1.88. The Morgan fingerprint density at radius 2 is 2.50 bits per heavy atom. The van der Waals surface area contributed by atoms with Crippen LogP contribution in [0.25, 0.3) is 0 Å². The van der Waals surface area contributed by atoms with Gasteiger partial charge in [0.05, 0.1) is 5.69 Å². The van der Waals surface area contributed by atoms with Crippen LogP contribution in [0.1, 0.15) is 12.8 Å². The van der Waals surface area contributed by atoms with Gasteiger partial charge in [-0.25, -0.2) is 0 Å². The van der Waals surface area contributed by atoms with Crippen LogP contribution in [0.5, 0.6) is 0 Å². The van der Waals surface area contributed by atoms with Gasteiger partial charge in [-0.05, 0) is 24.4 Å². The molecule has 3 N–H and O–H groups in total. The van der Waals surface area contributed by atoms with E-state index < -0.39 is 0 Å². The fraction of sp³-hybridized carbons (Fsp3) is 0.375. The van der Waals surface area contributed by atoms with Crippen molar-refractivity contribution in [2.24, 2.45) is 5.73 Å². The summed E-state index contributed by atoms with van der Waals surface area (Å²) in [5, 5.41) is 6.60. The lowest BCUT2D eigenvalue weighted by molar-refractivity contribution is -0.116. The summed E-state index contributed by atoms with van der Waals surface area (Å²) in [7, 11) is 0. The SMILES string of the molecule is NCCCC(=O)Nc1ccsc1. The smallest absolute Gasteiger partial charge is 0.224 e. The van der Waals surface area contributed by atoms with Crippen molar-refractivity contribution in [1.29, 1.82) is 0 Å². The van der Waals surface area contributed by atoms with Crippen LogP contribution in [-0.2, 0) is 4.79 Å². The van der Waals surface area contributed by atoms with Crippen LogP contribution in [0.3, 0.4) is 0 Å². The number of rotatable bonds is 4. The lowest BCUT2D eigenvalue weighted by Crippen LogP contribution is -2.12. The Hall–Kier alpha value is -0.870. The summed E-state index contributed by atoms with van der Waals surface area (Å²) in [6.45, 7) is 0.567. The Labute approximate surface area is 75.6 Å². The molecule has 0 atom stereocenters. The second-order valence-corrected chi connectivity index (χ2v) is 3.23. The molecule has 0 unspecified atom stereocenters. The van der Waals surface area contributed by atoms with Gasteiger partial charge < -0.3 is 11.1 Å². The van der Waals surface area contributed by atoms with E-state index in [1.807, 2.05) is 16.8 Å². The zero-order valence-electron chi connectivity index (χ0n) is 6.75. The molecule has 0 bridgehead atoms. The molecule has 0 aliphatic carbocycles. The molecule has 1 rings (SSSR count). The molecule has 12 heavy (non-hydrogen) atoms. The molecule has 4 heteroatoms. The summed E-state index contributed by atoms with van der Waals surface area (Å²) in [5.41, 5.74) is 6.15. The fourth-order valence-corrected chi connectivity index (χ4v) is 1.41.